The predicted molar refractivity (Wildman–Crippen MR) is 112 cm³/mol. The quantitative estimate of drug-likeness (QED) is 0.434. The van der Waals surface area contributed by atoms with E-state index in [1.165, 1.54) is 19.3 Å². The number of aliphatic hydroxyl groups is 2. The zero-order valence-corrected chi connectivity index (χ0v) is 17.0. The van der Waals surface area contributed by atoms with Gasteiger partial charge in [0, 0.05) is 30.4 Å². The molecule has 27 heavy (non-hydrogen) atoms. The molecule has 3 aliphatic rings. The van der Waals surface area contributed by atoms with Crippen LogP contribution in [0.15, 0.2) is 29.8 Å². The molecule has 1 heterocycles. The third-order valence-electron chi connectivity index (χ3n) is 6.78. The van der Waals surface area contributed by atoms with Gasteiger partial charge in [0.25, 0.3) is 0 Å². The Morgan fingerprint density at radius 2 is 2.11 bits per heavy atom. The Bertz CT molecular complexity index is 611. The lowest BCUT2D eigenvalue weighted by Gasteiger charge is -2.26. The molecule has 0 aromatic rings. The van der Waals surface area contributed by atoms with E-state index in [-0.39, 0.29) is 17.0 Å². The van der Waals surface area contributed by atoms with Crippen LogP contribution in [-0.4, -0.2) is 38.8 Å². The summed E-state index contributed by atoms with van der Waals surface area (Å²) in [6.07, 6.45) is 14.3. The summed E-state index contributed by atoms with van der Waals surface area (Å²) in [4.78, 5) is 16.0. The fraction of sp³-hybridized carbons (Fsp3) is 0.727. The summed E-state index contributed by atoms with van der Waals surface area (Å²) in [5.74, 6) is 0.544. The summed E-state index contributed by atoms with van der Waals surface area (Å²) in [6.45, 7) is 4.00. The number of hydrogen-bond acceptors (Lipinski definition) is 4. The van der Waals surface area contributed by atoms with Crippen LogP contribution in [-0.2, 0) is 4.79 Å². The Morgan fingerprint density at radius 1 is 1.37 bits per heavy atom. The summed E-state index contributed by atoms with van der Waals surface area (Å²) in [7, 11) is 0. The molecule has 5 unspecified atom stereocenters. The number of rotatable bonds is 8. The fourth-order valence-corrected chi connectivity index (χ4v) is 5.44. The van der Waals surface area contributed by atoms with Crippen LogP contribution in [0.1, 0.15) is 64.2 Å². The maximum Gasteiger partial charge on any atom is 0.185 e. The van der Waals surface area contributed by atoms with Crippen LogP contribution in [0, 0.1) is 17.8 Å². The smallest absolute Gasteiger partial charge is 0.185 e. The van der Waals surface area contributed by atoms with Crippen molar-refractivity contribution in [3.63, 3.8) is 0 Å². The molecule has 0 aromatic heterocycles. The number of carbonyl (C=O) groups excluding carboxylic acids is 1. The highest BCUT2D eigenvalue weighted by molar-refractivity contribution is 7.96. The van der Waals surface area contributed by atoms with Crippen LogP contribution < -0.4 is 0 Å². The number of thiol groups is 1. The minimum absolute atomic E-state index is 0.00555. The molecule has 0 bridgehead atoms. The SMILES string of the molecule is C=CC12CC(O)C(C=CC(O)C3CCCCC3)C1CC(CCCC(=O)S)=N2. The molecule has 150 valence electrons. The minimum Gasteiger partial charge on any atom is -0.392 e. The van der Waals surface area contributed by atoms with Crippen molar-refractivity contribution in [2.24, 2.45) is 22.7 Å². The standard InChI is InChI=1S/C22H33NO3S/c1-2-22-14-20(25)17(11-12-19(24)15-7-4-3-5-8-15)18(22)13-16(23-22)9-6-10-21(26)27/h2,11-12,15,17-20,24-25H,1,3-10,13-14H2,(H,26,27). The van der Waals surface area contributed by atoms with Gasteiger partial charge in [0.05, 0.1) is 17.7 Å². The Balaban J connectivity index is 1.65. The number of fused-ring (bicyclic) bond motifs is 1. The van der Waals surface area contributed by atoms with Crippen molar-refractivity contribution in [3.05, 3.63) is 24.8 Å². The topological polar surface area (TPSA) is 69.9 Å². The molecular formula is C22H33NO3S. The molecule has 0 saturated heterocycles. The molecule has 1 aliphatic heterocycles. The van der Waals surface area contributed by atoms with Crippen molar-refractivity contribution in [2.45, 2.75) is 82.0 Å². The summed E-state index contributed by atoms with van der Waals surface area (Å²) < 4.78 is 0. The summed E-state index contributed by atoms with van der Waals surface area (Å²) in [5.41, 5.74) is 0.720. The van der Waals surface area contributed by atoms with Crippen LogP contribution in [0.3, 0.4) is 0 Å². The highest BCUT2D eigenvalue weighted by Gasteiger charge is 2.53. The van der Waals surface area contributed by atoms with Crippen LogP contribution in [0.4, 0.5) is 0 Å². The van der Waals surface area contributed by atoms with Crippen molar-refractivity contribution in [1.29, 1.82) is 0 Å². The molecule has 0 amide bonds. The van der Waals surface area contributed by atoms with Crippen molar-refractivity contribution in [3.8, 4) is 0 Å². The molecule has 2 aliphatic carbocycles. The van der Waals surface area contributed by atoms with Crippen LogP contribution >= 0.6 is 12.6 Å². The van der Waals surface area contributed by atoms with E-state index >= 15 is 0 Å². The molecule has 3 rings (SSSR count). The second-order valence-corrected chi connectivity index (χ2v) is 9.05. The van der Waals surface area contributed by atoms with Gasteiger partial charge in [0.15, 0.2) is 5.12 Å². The highest BCUT2D eigenvalue weighted by atomic mass is 32.1. The fourth-order valence-electron chi connectivity index (χ4n) is 5.28. The van der Waals surface area contributed by atoms with E-state index in [0.29, 0.717) is 18.8 Å². The zero-order chi connectivity index (χ0) is 19.4. The average Bonchev–Trinajstić information content (AvgIpc) is 3.12. The molecule has 0 aromatic carbocycles. The first-order valence-electron chi connectivity index (χ1n) is 10.4. The Labute approximate surface area is 168 Å². The van der Waals surface area contributed by atoms with Crippen LogP contribution in [0.2, 0.25) is 0 Å². The Hall–Kier alpha value is -0.910. The van der Waals surface area contributed by atoms with E-state index < -0.39 is 17.7 Å². The summed E-state index contributed by atoms with van der Waals surface area (Å²) in [5, 5.41) is 21.1. The minimum atomic E-state index is -0.452. The van der Waals surface area contributed by atoms with Crippen LogP contribution in [0.25, 0.3) is 0 Å². The van der Waals surface area contributed by atoms with Gasteiger partial charge in [-0.15, -0.1) is 19.2 Å². The van der Waals surface area contributed by atoms with Crippen molar-refractivity contribution in [2.75, 3.05) is 0 Å². The van der Waals surface area contributed by atoms with Crippen LogP contribution in [0.5, 0.6) is 0 Å². The lowest BCUT2D eigenvalue weighted by molar-refractivity contribution is -0.110. The van der Waals surface area contributed by atoms with Gasteiger partial charge in [-0.1, -0.05) is 37.5 Å². The molecule has 4 nitrogen and oxygen atoms in total. The van der Waals surface area contributed by atoms with Gasteiger partial charge in [-0.2, -0.15) is 0 Å². The number of nitrogens with zero attached hydrogens (tertiary/aromatic N) is 1. The van der Waals surface area contributed by atoms with Gasteiger partial charge in [0.1, 0.15) is 0 Å². The number of carbonyl (C=O) groups is 1. The first kappa shape index (κ1) is 20.8. The monoisotopic (exact) mass is 391 g/mol. The van der Waals surface area contributed by atoms with Gasteiger partial charge in [-0.3, -0.25) is 9.79 Å². The Kier molecular flexibility index (Phi) is 6.98. The number of hydrogen-bond donors (Lipinski definition) is 3. The summed E-state index contributed by atoms with van der Waals surface area (Å²) >= 11 is 3.83. The molecular weight excluding hydrogens is 358 g/mol. The first-order chi connectivity index (χ1) is 12.9. The van der Waals surface area contributed by atoms with E-state index in [9.17, 15) is 15.0 Å². The number of aliphatic imine (C=N–C) groups is 1. The average molecular weight is 392 g/mol. The molecule has 0 radical (unpaired) electrons. The largest absolute Gasteiger partial charge is 0.392 e. The van der Waals surface area contributed by atoms with Gasteiger partial charge < -0.3 is 10.2 Å². The second-order valence-electron chi connectivity index (χ2n) is 8.55. The lowest BCUT2D eigenvalue weighted by Crippen LogP contribution is -2.27. The lowest BCUT2D eigenvalue weighted by atomic mass is 9.81. The maximum atomic E-state index is 11.0. The third-order valence-corrected chi connectivity index (χ3v) is 7.01. The zero-order valence-electron chi connectivity index (χ0n) is 16.1. The first-order valence-corrected chi connectivity index (χ1v) is 10.9. The molecule has 0 spiro atoms. The van der Waals surface area contributed by atoms with E-state index in [1.807, 2.05) is 18.2 Å². The molecule has 2 saturated carbocycles. The van der Waals surface area contributed by atoms with E-state index in [0.717, 1.165) is 37.8 Å². The molecule has 5 atom stereocenters. The summed E-state index contributed by atoms with van der Waals surface area (Å²) in [6, 6.07) is 0. The van der Waals surface area contributed by atoms with Gasteiger partial charge >= 0.3 is 0 Å². The van der Waals surface area contributed by atoms with Crippen molar-refractivity contribution >= 4 is 23.5 Å². The molecule has 5 heteroatoms. The van der Waals surface area contributed by atoms with Gasteiger partial charge in [-0.25, -0.2) is 0 Å². The van der Waals surface area contributed by atoms with Gasteiger partial charge in [-0.05, 0) is 38.0 Å². The van der Waals surface area contributed by atoms with Crippen molar-refractivity contribution < 1.29 is 15.0 Å². The number of aliphatic hydroxyl groups excluding tert-OH is 2. The third kappa shape index (κ3) is 4.75. The molecule has 2 fully saturated rings. The van der Waals surface area contributed by atoms with E-state index in [2.05, 4.69) is 19.2 Å². The maximum absolute atomic E-state index is 11.0. The van der Waals surface area contributed by atoms with E-state index in [4.69, 9.17) is 4.99 Å². The van der Waals surface area contributed by atoms with Crippen molar-refractivity contribution in [1.82, 2.24) is 0 Å². The van der Waals surface area contributed by atoms with Gasteiger partial charge in [0.2, 0.25) is 0 Å². The van der Waals surface area contributed by atoms with E-state index in [1.54, 1.807) is 0 Å². The highest BCUT2D eigenvalue weighted by Crippen LogP contribution is 2.51. The second kappa shape index (κ2) is 9.06. The Morgan fingerprint density at radius 3 is 2.78 bits per heavy atom. The molecule has 2 N–H and O–H groups in total. The predicted octanol–water partition coefficient (Wildman–Crippen LogP) is 3.88. The normalized spacial score (nSPS) is 35.2.